The number of hydrogen-bond acceptors (Lipinski definition) is 5. The van der Waals surface area contributed by atoms with E-state index in [2.05, 4.69) is 27.2 Å². The van der Waals surface area contributed by atoms with Gasteiger partial charge in [-0.15, -0.1) is 10.2 Å². The fourth-order valence-corrected chi connectivity index (χ4v) is 3.02. The summed E-state index contributed by atoms with van der Waals surface area (Å²) in [6, 6.07) is 14.5. The highest BCUT2D eigenvalue weighted by atomic mass is 16.4. The second-order valence-electron chi connectivity index (χ2n) is 6.04. The second kappa shape index (κ2) is 6.39. The van der Waals surface area contributed by atoms with Gasteiger partial charge in [-0.1, -0.05) is 6.07 Å². The first-order valence-corrected chi connectivity index (χ1v) is 8.23. The molecule has 2 heterocycles. The lowest BCUT2D eigenvalue weighted by Crippen LogP contribution is -2.17. The minimum atomic E-state index is -0.962. The van der Waals surface area contributed by atoms with Gasteiger partial charge in [0.05, 0.1) is 5.56 Å². The van der Waals surface area contributed by atoms with Gasteiger partial charge in [0.15, 0.2) is 0 Å². The molecule has 2 aromatic carbocycles. The molecule has 0 unspecified atom stereocenters. The lowest BCUT2D eigenvalue weighted by molar-refractivity contribution is 0.0697. The van der Waals surface area contributed by atoms with E-state index < -0.39 is 5.97 Å². The zero-order valence-corrected chi connectivity index (χ0v) is 13.6. The van der Waals surface area contributed by atoms with E-state index in [1.165, 1.54) is 30.7 Å². The predicted molar refractivity (Wildman–Crippen MR) is 93.6 cm³/mol. The number of anilines is 1. The van der Waals surface area contributed by atoms with Crippen LogP contribution in [-0.2, 0) is 0 Å². The molecule has 25 heavy (non-hydrogen) atoms. The number of hydrogen-bond donors (Lipinski definition) is 1. The van der Waals surface area contributed by atoms with E-state index in [9.17, 15) is 4.79 Å². The van der Waals surface area contributed by atoms with Crippen molar-refractivity contribution in [3.05, 3.63) is 54.1 Å². The summed E-state index contributed by atoms with van der Waals surface area (Å²) in [5.41, 5.74) is 2.96. The maximum absolute atomic E-state index is 10.9. The summed E-state index contributed by atoms with van der Waals surface area (Å²) < 4.78 is 5.79. The molecular formula is C19H17N3O3. The summed E-state index contributed by atoms with van der Waals surface area (Å²) in [4.78, 5) is 13.3. The molecule has 1 aromatic heterocycles. The van der Waals surface area contributed by atoms with Crippen molar-refractivity contribution in [2.24, 2.45) is 0 Å². The standard InChI is InChI=1S/C19H17N3O3/c23-19(24)14-8-6-13(7-9-14)17-20-21-18(25-17)15-4-3-5-16(12-15)22-10-1-2-11-22/h3-9,12H,1-2,10-11H2,(H,23,24). The van der Waals surface area contributed by atoms with Crippen LogP contribution >= 0.6 is 0 Å². The van der Waals surface area contributed by atoms with Crippen LogP contribution in [0.1, 0.15) is 23.2 Å². The van der Waals surface area contributed by atoms with Gasteiger partial charge in [0.25, 0.3) is 0 Å². The summed E-state index contributed by atoms with van der Waals surface area (Å²) in [5, 5.41) is 17.2. The minimum Gasteiger partial charge on any atom is -0.478 e. The Kier molecular flexibility index (Phi) is 3.93. The van der Waals surface area contributed by atoms with Crippen molar-refractivity contribution >= 4 is 11.7 Å². The maximum atomic E-state index is 10.9. The fraction of sp³-hybridized carbons (Fsp3) is 0.211. The number of benzene rings is 2. The van der Waals surface area contributed by atoms with Crippen LogP contribution in [0.4, 0.5) is 5.69 Å². The van der Waals surface area contributed by atoms with Gasteiger partial charge in [0.2, 0.25) is 11.8 Å². The Labute approximate surface area is 144 Å². The van der Waals surface area contributed by atoms with Gasteiger partial charge in [-0.2, -0.15) is 0 Å². The lowest BCUT2D eigenvalue weighted by atomic mass is 10.1. The summed E-state index contributed by atoms with van der Waals surface area (Å²) in [6.45, 7) is 2.16. The van der Waals surface area contributed by atoms with E-state index in [1.54, 1.807) is 12.1 Å². The van der Waals surface area contributed by atoms with E-state index in [0.29, 0.717) is 17.3 Å². The van der Waals surface area contributed by atoms with Crippen LogP contribution in [0.2, 0.25) is 0 Å². The number of carbonyl (C=O) groups is 1. The number of rotatable bonds is 4. The molecule has 6 nitrogen and oxygen atoms in total. The van der Waals surface area contributed by atoms with E-state index in [0.717, 1.165) is 18.7 Å². The van der Waals surface area contributed by atoms with Crippen molar-refractivity contribution in [2.75, 3.05) is 18.0 Å². The molecule has 1 saturated heterocycles. The highest BCUT2D eigenvalue weighted by Crippen LogP contribution is 2.28. The molecular weight excluding hydrogens is 318 g/mol. The first-order valence-electron chi connectivity index (χ1n) is 8.23. The number of carboxylic acid groups (broad SMARTS) is 1. The Balaban J connectivity index is 1.60. The molecule has 6 heteroatoms. The van der Waals surface area contributed by atoms with E-state index in [1.807, 2.05) is 12.1 Å². The average molecular weight is 335 g/mol. The minimum absolute atomic E-state index is 0.224. The monoisotopic (exact) mass is 335 g/mol. The molecule has 0 atom stereocenters. The molecule has 126 valence electrons. The van der Waals surface area contributed by atoms with Gasteiger partial charge < -0.3 is 14.4 Å². The van der Waals surface area contributed by atoms with Crippen LogP contribution in [-0.4, -0.2) is 34.4 Å². The van der Waals surface area contributed by atoms with Gasteiger partial charge in [-0.05, 0) is 55.3 Å². The molecule has 0 bridgehead atoms. The molecule has 0 aliphatic carbocycles. The Morgan fingerprint density at radius 1 is 0.960 bits per heavy atom. The highest BCUT2D eigenvalue weighted by molar-refractivity contribution is 5.88. The molecule has 1 aliphatic rings. The van der Waals surface area contributed by atoms with Crippen molar-refractivity contribution in [3.8, 4) is 22.9 Å². The lowest BCUT2D eigenvalue weighted by Gasteiger charge is -2.17. The van der Waals surface area contributed by atoms with Crippen LogP contribution in [0.5, 0.6) is 0 Å². The SMILES string of the molecule is O=C(O)c1ccc(-c2nnc(-c3cccc(N4CCCC4)c3)o2)cc1. The molecule has 1 N–H and O–H groups in total. The Hall–Kier alpha value is -3.15. The first-order chi connectivity index (χ1) is 12.2. The number of nitrogens with zero attached hydrogens (tertiary/aromatic N) is 3. The maximum Gasteiger partial charge on any atom is 0.335 e. The number of aromatic nitrogens is 2. The molecule has 1 fully saturated rings. The third-order valence-corrected chi connectivity index (χ3v) is 4.37. The van der Waals surface area contributed by atoms with Gasteiger partial charge in [-0.3, -0.25) is 0 Å². The van der Waals surface area contributed by atoms with E-state index in [4.69, 9.17) is 9.52 Å². The third-order valence-electron chi connectivity index (χ3n) is 4.37. The first kappa shape index (κ1) is 15.4. The summed E-state index contributed by atoms with van der Waals surface area (Å²) >= 11 is 0. The van der Waals surface area contributed by atoms with E-state index in [-0.39, 0.29) is 5.56 Å². The zero-order valence-electron chi connectivity index (χ0n) is 13.6. The smallest absolute Gasteiger partial charge is 0.335 e. The largest absolute Gasteiger partial charge is 0.478 e. The number of aromatic carboxylic acids is 1. The van der Waals surface area contributed by atoms with E-state index >= 15 is 0 Å². The molecule has 1 aliphatic heterocycles. The van der Waals surface area contributed by atoms with Crippen LogP contribution in [0.15, 0.2) is 52.9 Å². The summed E-state index contributed by atoms with van der Waals surface area (Å²) in [7, 11) is 0. The normalized spacial score (nSPS) is 14.0. The van der Waals surface area contributed by atoms with Gasteiger partial charge in [-0.25, -0.2) is 4.79 Å². The summed E-state index contributed by atoms with van der Waals surface area (Å²) in [5.74, 6) is -0.131. The quantitative estimate of drug-likeness (QED) is 0.783. The van der Waals surface area contributed by atoms with Crippen molar-refractivity contribution in [3.63, 3.8) is 0 Å². The van der Waals surface area contributed by atoms with Crippen molar-refractivity contribution in [2.45, 2.75) is 12.8 Å². The summed E-state index contributed by atoms with van der Waals surface area (Å²) in [6.07, 6.45) is 2.45. The van der Waals surface area contributed by atoms with Crippen LogP contribution in [0.3, 0.4) is 0 Å². The Morgan fingerprint density at radius 3 is 2.32 bits per heavy atom. The van der Waals surface area contributed by atoms with Crippen LogP contribution in [0.25, 0.3) is 22.9 Å². The third kappa shape index (κ3) is 3.10. The Morgan fingerprint density at radius 2 is 1.64 bits per heavy atom. The molecule has 0 amide bonds. The van der Waals surface area contributed by atoms with Crippen molar-refractivity contribution < 1.29 is 14.3 Å². The zero-order chi connectivity index (χ0) is 17.2. The highest BCUT2D eigenvalue weighted by Gasteiger charge is 2.15. The molecule has 0 spiro atoms. The second-order valence-corrected chi connectivity index (χ2v) is 6.04. The van der Waals surface area contributed by atoms with Gasteiger partial charge in [0.1, 0.15) is 0 Å². The van der Waals surface area contributed by atoms with Gasteiger partial charge >= 0.3 is 5.97 Å². The average Bonchev–Trinajstić information content (AvgIpc) is 3.34. The van der Waals surface area contributed by atoms with Crippen molar-refractivity contribution in [1.29, 1.82) is 0 Å². The Bertz CT molecular complexity index is 896. The van der Waals surface area contributed by atoms with Crippen LogP contribution < -0.4 is 4.90 Å². The van der Waals surface area contributed by atoms with Crippen molar-refractivity contribution in [1.82, 2.24) is 10.2 Å². The molecule has 0 radical (unpaired) electrons. The predicted octanol–water partition coefficient (Wildman–Crippen LogP) is 3.70. The topological polar surface area (TPSA) is 79.5 Å². The van der Waals surface area contributed by atoms with Crippen LogP contribution in [0, 0.1) is 0 Å². The number of carboxylic acids is 1. The fourth-order valence-electron chi connectivity index (χ4n) is 3.02. The molecule has 0 saturated carbocycles. The van der Waals surface area contributed by atoms with Gasteiger partial charge in [0, 0.05) is 29.9 Å². The molecule has 3 aromatic rings. The molecule has 4 rings (SSSR count).